The van der Waals surface area contributed by atoms with Gasteiger partial charge in [-0.15, -0.1) is 0 Å². The Labute approximate surface area is 226 Å². The molecule has 3 fully saturated rings. The van der Waals surface area contributed by atoms with Gasteiger partial charge < -0.3 is 9.53 Å². The van der Waals surface area contributed by atoms with Crippen molar-refractivity contribution in [2.24, 2.45) is 50.7 Å². The van der Waals surface area contributed by atoms with Gasteiger partial charge in [0, 0.05) is 24.2 Å². The Balaban J connectivity index is 1.67. The standard InChI is InChI=1S/C32H41NO5/c1-18-20-9-10-30(6)24(29(20,5)17-22(33-8)26(18)36)15-23(35)25-21-16-28(3,4)11-13-32(21,14-12-31(25,30)7)27(37)38-19(2)34/h15,17-18,20-21,25H,9-14,16H2,1-7H3/t18-,20-,21-,25-,29-,30+,31+,32-/m0/s1. The normalized spacial score (nSPS) is 45.2. The Kier molecular flexibility index (Phi) is 5.85. The molecule has 0 aromatic heterocycles. The molecule has 6 nitrogen and oxygen atoms in total. The summed E-state index contributed by atoms with van der Waals surface area (Å²) in [7, 11) is 0. The lowest BCUT2D eigenvalue weighted by molar-refractivity contribution is -0.193. The zero-order valence-electron chi connectivity index (χ0n) is 23.9. The number of rotatable bonds is 1. The molecule has 0 aromatic rings. The van der Waals surface area contributed by atoms with Crippen LogP contribution in [-0.4, -0.2) is 23.5 Å². The van der Waals surface area contributed by atoms with Crippen LogP contribution < -0.4 is 0 Å². The van der Waals surface area contributed by atoms with E-state index in [4.69, 9.17) is 11.3 Å². The van der Waals surface area contributed by atoms with Gasteiger partial charge in [-0.05, 0) is 79.1 Å². The van der Waals surface area contributed by atoms with Crippen molar-refractivity contribution < 1.29 is 23.9 Å². The van der Waals surface area contributed by atoms with Crippen LogP contribution in [0.2, 0.25) is 0 Å². The summed E-state index contributed by atoms with van der Waals surface area (Å²) < 4.78 is 5.26. The number of allylic oxidation sites excluding steroid dienone is 4. The molecule has 0 aromatic carbocycles. The number of ketones is 2. The van der Waals surface area contributed by atoms with E-state index in [0.717, 1.165) is 31.3 Å². The SMILES string of the molecule is [C-]#[N+]C1=C[C@]2(C)C3=CC(=O)[C@@H]4[C@@H]5CC(C)(C)CC[C@]5(C(=O)OC(C)=O)CC[C@@]4(C)[C@]3(C)CC[C@H]2[C@H](C)C1=O. The van der Waals surface area contributed by atoms with Gasteiger partial charge in [-0.3, -0.25) is 14.4 Å². The summed E-state index contributed by atoms with van der Waals surface area (Å²) in [5.41, 5.74) is -0.867. The molecule has 38 heavy (non-hydrogen) atoms. The fourth-order valence-corrected chi connectivity index (χ4v) is 9.81. The lowest BCUT2D eigenvalue weighted by Crippen LogP contribution is -2.65. The molecule has 8 atom stereocenters. The van der Waals surface area contributed by atoms with Gasteiger partial charge in [0.15, 0.2) is 11.6 Å². The number of carbonyl (C=O) groups excluding carboxylic acids is 4. The van der Waals surface area contributed by atoms with E-state index in [0.29, 0.717) is 19.3 Å². The monoisotopic (exact) mass is 519 g/mol. The van der Waals surface area contributed by atoms with Crippen molar-refractivity contribution >= 4 is 23.5 Å². The smallest absolute Gasteiger partial charge is 0.320 e. The van der Waals surface area contributed by atoms with Crippen LogP contribution in [0.1, 0.15) is 93.4 Å². The average molecular weight is 520 g/mol. The minimum atomic E-state index is -0.827. The maximum Gasteiger partial charge on any atom is 0.320 e. The van der Waals surface area contributed by atoms with Gasteiger partial charge in [0.25, 0.3) is 0 Å². The third-order valence-corrected chi connectivity index (χ3v) is 12.1. The van der Waals surface area contributed by atoms with Crippen molar-refractivity contribution in [2.75, 3.05) is 0 Å². The Bertz CT molecular complexity index is 1250. The van der Waals surface area contributed by atoms with Gasteiger partial charge in [0.2, 0.25) is 5.70 Å². The highest BCUT2D eigenvalue weighted by Crippen LogP contribution is 2.73. The second kappa shape index (κ2) is 8.23. The first-order chi connectivity index (χ1) is 17.6. The number of hydrogen-bond donors (Lipinski definition) is 0. The van der Waals surface area contributed by atoms with Crippen LogP contribution in [0.3, 0.4) is 0 Å². The van der Waals surface area contributed by atoms with Crippen LogP contribution in [0, 0.1) is 57.3 Å². The number of nitrogens with zero attached hydrogens (tertiary/aromatic N) is 1. The average Bonchev–Trinajstić information content (AvgIpc) is 2.82. The molecule has 0 bridgehead atoms. The topological polar surface area (TPSA) is 81.9 Å². The number of ether oxygens (including phenoxy) is 1. The number of Topliss-reactive ketones (excluding diaryl/α,β-unsaturated/α-hetero) is 1. The highest BCUT2D eigenvalue weighted by atomic mass is 16.6. The van der Waals surface area contributed by atoms with E-state index in [1.165, 1.54) is 6.92 Å². The molecule has 5 aliphatic rings. The summed E-state index contributed by atoms with van der Waals surface area (Å²) in [6.45, 7) is 21.9. The summed E-state index contributed by atoms with van der Waals surface area (Å²) in [4.78, 5) is 56.3. The Hall–Kier alpha value is -2.55. The van der Waals surface area contributed by atoms with Crippen molar-refractivity contribution in [2.45, 2.75) is 93.4 Å². The van der Waals surface area contributed by atoms with Crippen LogP contribution in [0.5, 0.6) is 0 Å². The Morgan fingerprint density at radius 1 is 1.00 bits per heavy atom. The summed E-state index contributed by atoms with van der Waals surface area (Å²) in [5.74, 6) is -1.86. The minimum Gasteiger partial charge on any atom is -0.393 e. The second-order valence-corrected chi connectivity index (χ2v) is 14.4. The number of fused-ring (bicyclic) bond motifs is 7. The zero-order chi connectivity index (χ0) is 28.1. The fraction of sp³-hybridized carbons (Fsp3) is 0.719. The lowest BCUT2D eigenvalue weighted by Gasteiger charge is -2.68. The van der Waals surface area contributed by atoms with Crippen molar-refractivity contribution in [1.29, 1.82) is 0 Å². The molecule has 0 N–H and O–H groups in total. The van der Waals surface area contributed by atoms with Crippen molar-refractivity contribution in [1.82, 2.24) is 0 Å². The number of carbonyl (C=O) groups is 4. The fourth-order valence-electron chi connectivity index (χ4n) is 9.81. The van der Waals surface area contributed by atoms with E-state index in [-0.39, 0.29) is 51.8 Å². The van der Waals surface area contributed by atoms with Gasteiger partial charge in [-0.1, -0.05) is 53.2 Å². The molecular weight excluding hydrogens is 478 g/mol. The van der Waals surface area contributed by atoms with Gasteiger partial charge in [-0.25, -0.2) is 4.85 Å². The summed E-state index contributed by atoms with van der Waals surface area (Å²) >= 11 is 0. The van der Waals surface area contributed by atoms with E-state index >= 15 is 0 Å². The van der Waals surface area contributed by atoms with Gasteiger partial charge in [-0.2, -0.15) is 0 Å². The van der Waals surface area contributed by atoms with Crippen molar-refractivity contribution in [3.63, 3.8) is 0 Å². The van der Waals surface area contributed by atoms with Crippen molar-refractivity contribution in [3.8, 4) is 0 Å². The predicted molar refractivity (Wildman–Crippen MR) is 142 cm³/mol. The summed E-state index contributed by atoms with van der Waals surface area (Å²) in [6.07, 6.45) is 8.90. The Morgan fingerprint density at radius 2 is 1.66 bits per heavy atom. The predicted octanol–water partition coefficient (Wildman–Crippen LogP) is 6.26. The molecule has 0 radical (unpaired) electrons. The van der Waals surface area contributed by atoms with Gasteiger partial charge >= 0.3 is 11.9 Å². The largest absolute Gasteiger partial charge is 0.393 e. The quantitative estimate of drug-likeness (QED) is 0.232. The molecule has 0 amide bonds. The molecule has 0 aliphatic heterocycles. The van der Waals surface area contributed by atoms with Crippen LogP contribution in [0.25, 0.3) is 4.85 Å². The van der Waals surface area contributed by atoms with Crippen LogP contribution in [-0.2, 0) is 23.9 Å². The Morgan fingerprint density at radius 3 is 2.29 bits per heavy atom. The number of esters is 2. The first-order valence-corrected chi connectivity index (χ1v) is 14.2. The van der Waals surface area contributed by atoms with E-state index in [1.54, 1.807) is 0 Å². The maximum atomic E-state index is 14.4. The lowest BCUT2D eigenvalue weighted by atomic mass is 9.35. The molecule has 5 rings (SSSR count). The summed E-state index contributed by atoms with van der Waals surface area (Å²) in [6, 6.07) is 0. The first kappa shape index (κ1) is 27.0. The third-order valence-electron chi connectivity index (χ3n) is 12.1. The molecule has 204 valence electrons. The van der Waals surface area contributed by atoms with Crippen LogP contribution in [0.15, 0.2) is 23.4 Å². The molecule has 6 heteroatoms. The van der Waals surface area contributed by atoms with Crippen LogP contribution in [0.4, 0.5) is 0 Å². The molecule has 0 spiro atoms. The molecular formula is C32H41NO5. The van der Waals surface area contributed by atoms with E-state index < -0.39 is 28.2 Å². The first-order valence-electron chi connectivity index (χ1n) is 14.2. The highest BCUT2D eigenvalue weighted by Gasteiger charge is 2.70. The van der Waals surface area contributed by atoms with E-state index in [1.807, 2.05) is 19.1 Å². The van der Waals surface area contributed by atoms with E-state index in [2.05, 4.69) is 39.5 Å². The van der Waals surface area contributed by atoms with E-state index in [9.17, 15) is 19.2 Å². The number of hydrogen-bond acceptors (Lipinski definition) is 5. The molecule has 3 saturated carbocycles. The zero-order valence-corrected chi connectivity index (χ0v) is 23.9. The molecule has 0 heterocycles. The maximum absolute atomic E-state index is 14.4. The molecule has 0 saturated heterocycles. The van der Waals surface area contributed by atoms with Crippen LogP contribution >= 0.6 is 0 Å². The van der Waals surface area contributed by atoms with Gasteiger partial charge in [0.1, 0.15) is 0 Å². The second-order valence-electron chi connectivity index (χ2n) is 14.4. The van der Waals surface area contributed by atoms with Gasteiger partial charge in [0.05, 0.1) is 12.0 Å². The third kappa shape index (κ3) is 3.36. The van der Waals surface area contributed by atoms with Crippen molar-refractivity contribution in [3.05, 3.63) is 34.8 Å². The molecule has 5 aliphatic carbocycles. The molecule has 0 unspecified atom stereocenters. The highest BCUT2D eigenvalue weighted by molar-refractivity contribution is 6.01. The minimum absolute atomic E-state index is 0.0236. The summed E-state index contributed by atoms with van der Waals surface area (Å²) in [5, 5.41) is 0.